The van der Waals surface area contributed by atoms with Crippen LogP contribution in [0.5, 0.6) is 5.75 Å². The fraction of sp³-hybridized carbons (Fsp3) is 0.476. The fourth-order valence-corrected chi connectivity index (χ4v) is 3.48. The molecule has 9 nitrogen and oxygen atoms in total. The number of carbonyl (C=O) groups is 1. The van der Waals surface area contributed by atoms with Crippen LogP contribution < -0.4 is 15.4 Å². The van der Waals surface area contributed by atoms with E-state index in [-0.39, 0.29) is 30.8 Å². The van der Waals surface area contributed by atoms with Crippen LogP contribution in [0.4, 0.5) is 20.7 Å². The van der Waals surface area contributed by atoms with Gasteiger partial charge in [0.15, 0.2) is 11.6 Å². The Hall–Kier alpha value is -3.30. The van der Waals surface area contributed by atoms with Crippen molar-refractivity contribution in [2.45, 2.75) is 26.9 Å². The van der Waals surface area contributed by atoms with Gasteiger partial charge in [-0.05, 0) is 26.8 Å². The van der Waals surface area contributed by atoms with Gasteiger partial charge in [0.1, 0.15) is 11.5 Å². The highest BCUT2D eigenvalue weighted by Gasteiger charge is 2.25. The highest BCUT2D eigenvalue weighted by atomic mass is 19.1. The smallest absolute Gasteiger partial charge is 0.409 e. The Morgan fingerprint density at radius 1 is 1.29 bits per heavy atom. The zero-order valence-corrected chi connectivity index (χ0v) is 18.3. The molecule has 0 radical (unpaired) electrons. The van der Waals surface area contributed by atoms with E-state index in [4.69, 9.17) is 20.6 Å². The van der Waals surface area contributed by atoms with Gasteiger partial charge in [0.2, 0.25) is 0 Å². The molecule has 2 heterocycles. The normalized spacial score (nSPS) is 14.1. The highest BCUT2D eigenvalue weighted by molar-refractivity contribution is 6.13. The van der Waals surface area contributed by atoms with E-state index in [1.807, 2.05) is 0 Å². The minimum Gasteiger partial charge on any atom is -0.488 e. The third-order valence-corrected chi connectivity index (χ3v) is 4.98. The summed E-state index contributed by atoms with van der Waals surface area (Å²) in [6.07, 6.45) is -0.518. The van der Waals surface area contributed by atoms with Gasteiger partial charge >= 0.3 is 6.09 Å². The maximum absolute atomic E-state index is 14.2. The standard InChI is InChI=1S/C21H29FN6O3.H2/c1-5-30-21(29)28-8-6-27(7-9-28)19-12-17(25-26(19)4)20(24)14-10-18(31-13(2)3)15(22)11-16(14)23;/h10-13,24H,5-9,23H2,1-4H3;1H. The number of aromatic nitrogens is 2. The Kier molecular flexibility index (Phi) is 6.67. The van der Waals surface area contributed by atoms with Gasteiger partial charge in [0, 0.05) is 58.0 Å². The summed E-state index contributed by atoms with van der Waals surface area (Å²) < 4.78 is 26.4. The van der Waals surface area contributed by atoms with E-state index in [0.29, 0.717) is 44.0 Å². The molecule has 0 aliphatic carbocycles. The van der Waals surface area contributed by atoms with Crippen LogP contribution in [0.2, 0.25) is 0 Å². The molecule has 1 fully saturated rings. The average molecular weight is 435 g/mol. The van der Waals surface area contributed by atoms with Gasteiger partial charge in [-0.3, -0.25) is 10.1 Å². The largest absolute Gasteiger partial charge is 0.488 e. The van der Waals surface area contributed by atoms with Gasteiger partial charge in [0.05, 0.1) is 18.4 Å². The topological polar surface area (TPSA) is 110 Å². The molecule has 3 rings (SSSR count). The van der Waals surface area contributed by atoms with Crippen molar-refractivity contribution in [1.82, 2.24) is 14.7 Å². The summed E-state index contributed by atoms with van der Waals surface area (Å²) >= 11 is 0. The molecule has 1 aromatic carbocycles. The van der Waals surface area contributed by atoms with Crippen LogP contribution in [-0.4, -0.2) is 65.4 Å². The molecule has 0 atom stereocenters. The third kappa shape index (κ3) is 4.89. The number of ether oxygens (including phenoxy) is 2. The molecule has 31 heavy (non-hydrogen) atoms. The lowest BCUT2D eigenvalue weighted by Gasteiger charge is -2.35. The number of anilines is 2. The molecule has 2 aromatic rings. The van der Waals surface area contributed by atoms with Crippen molar-refractivity contribution in [2.24, 2.45) is 7.05 Å². The minimum atomic E-state index is -0.566. The molecule has 170 valence electrons. The first-order chi connectivity index (χ1) is 14.7. The maximum atomic E-state index is 14.2. The first-order valence-corrected chi connectivity index (χ1v) is 10.3. The Morgan fingerprint density at radius 2 is 1.97 bits per heavy atom. The van der Waals surface area contributed by atoms with Gasteiger partial charge in [-0.2, -0.15) is 5.10 Å². The second kappa shape index (κ2) is 9.23. The van der Waals surface area contributed by atoms with E-state index in [9.17, 15) is 9.18 Å². The number of amides is 1. The van der Waals surface area contributed by atoms with Crippen molar-refractivity contribution in [3.63, 3.8) is 0 Å². The second-order valence-electron chi connectivity index (χ2n) is 7.60. The average Bonchev–Trinajstić information content (AvgIpc) is 3.11. The Bertz CT molecular complexity index is 973. The molecule has 0 saturated carbocycles. The summed E-state index contributed by atoms with van der Waals surface area (Å²) in [4.78, 5) is 15.7. The first-order valence-electron chi connectivity index (χ1n) is 10.3. The molecule has 1 amide bonds. The predicted molar refractivity (Wildman–Crippen MR) is 119 cm³/mol. The quantitative estimate of drug-likeness (QED) is 0.534. The number of halogens is 1. The van der Waals surface area contributed by atoms with E-state index in [1.54, 1.807) is 43.5 Å². The lowest BCUT2D eigenvalue weighted by Crippen LogP contribution is -2.49. The molecule has 3 N–H and O–H groups in total. The number of piperazine rings is 1. The summed E-state index contributed by atoms with van der Waals surface area (Å²) in [5, 5.41) is 13.1. The number of nitrogens with zero attached hydrogens (tertiary/aromatic N) is 4. The van der Waals surface area contributed by atoms with Gasteiger partial charge in [0.25, 0.3) is 0 Å². The second-order valence-corrected chi connectivity index (χ2v) is 7.60. The number of aryl methyl sites for hydroxylation is 1. The van der Waals surface area contributed by atoms with E-state index in [1.165, 1.54) is 12.1 Å². The van der Waals surface area contributed by atoms with E-state index >= 15 is 0 Å². The minimum absolute atomic E-state index is 0. The number of benzene rings is 1. The third-order valence-electron chi connectivity index (χ3n) is 4.98. The van der Waals surface area contributed by atoms with Crippen molar-refractivity contribution >= 4 is 23.3 Å². The molecule has 0 unspecified atom stereocenters. The maximum Gasteiger partial charge on any atom is 0.409 e. The van der Waals surface area contributed by atoms with Crippen LogP contribution in [-0.2, 0) is 11.8 Å². The molecule has 0 spiro atoms. The zero-order valence-electron chi connectivity index (χ0n) is 18.3. The van der Waals surface area contributed by atoms with Crippen molar-refractivity contribution in [2.75, 3.05) is 43.4 Å². The van der Waals surface area contributed by atoms with E-state index in [2.05, 4.69) is 10.00 Å². The molecule has 1 aliphatic rings. The molecule has 1 aromatic heterocycles. The van der Waals surface area contributed by atoms with Crippen LogP contribution in [0.3, 0.4) is 0 Å². The lowest BCUT2D eigenvalue weighted by atomic mass is 10.0. The monoisotopic (exact) mass is 434 g/mol. The van der Waals surface area contributed by atoms with Crippen LogP contribution in [0.15, 0.2) is 18.2 Å². The summed E-state index contributed by atoms with van der Waals surface area (Å²) in [5.41, 5.74) is 6.98. The summed E-state index contributed by atoms with van der Waals surface area (Å²) in [6, 6.07) is 4.41. The van der Waals surface area contributed by atoms with Gasteiger partial charge in [-0.15, -0.1) is 0 Å². The molecule has 10 heteroatoms. The van der Waals surface area contributed by atoms with Gasteiger partial charge in [-0.1, -0.05) is 0 Å². The highest BCUT2D eigenvalue weighted by Crippen LogP contribution is 2.28. The van der Waals surface area contributed by atoms with E-state index in [0.717, 1.165) is 5.82 Å². The summed E-state index contributed by atoms with van der Waals surface area (Å²) in [6.45, 7) is 8.05. The van der Waals surface area contributed by atoms with Crippen molar-refractivity contribution in [3.8, 4) is 5.75 Å². The summed E-state index contributed by atoms with van der Waals surface area (Å²) in [7, 11) is 1.80. The zero-order chi connectivity index (χ0) is 22.7. The number of nitrogens with one attached hydrogen (secondary N) is 1. The first kappa shape index (κ1) is 22.4. The Morgan fingerprint density at radius 3 is 2.58 bits per heavy atom. The number of hydrogen-bond acceptors (Lipinski definition) is 7. The van der Waals surface area contributed by atoms with E-state index < -0.39 is 5.82 Å². The Labute approximate surface area is 182 Å². The SMILES string of the molecule is CCOC(=O)N1CCN(c2cc(C(=N)c3cc(OC(C)C)c(F)cc3N)nn2C)CC1.[HH]. The Balaban J connectivity index is 0.00000363. The molecular weight excluding hydrogens is 403 g/mol. The van der Waals surface area contributed by atoms with Crippen LogP contribution in [0.1, 0.15) is 33.5 Å². The number of hydrogen-bond donors (Lipinski definition) is 2. The van der Waals surface area contributed by atoms with Crippen LogP contribution in [0.25, 0.3) is 0 Å². The van der Waals surface area contributed by atoms with Gasteiger partial charge in [-0.25, -0.2) is 9.18 Å². The van der Waals surface area contributed by atoms with Crippen molar-refractivity contribution < 1.29 is 20.1 Å². The number of nitrogens with two attached hydrogens (primary N) is 1. The van der Waals surface area contributed by atoms with Crippen LogP contribution >= 0.6 is 0 Å². The number of carbonyl (C=O) groups excluding carboxylic acids is 1. The van der Waals surface area contributed by atoms with Crippen LogP contribution in [0, 0.1) is 11.2 Å². The summed E-state index contributed by atoms with van der Waals surface area (Å²) in [5.74, 6) is 0.307. The fourth-order valence-electron chi connectivity index (χ4n) is 3.48. The van der Waals surface area contributed by atoms with Crippen molar-refractivity contribution in [3.05, 3.63) is 35.3 Å². The lowest BCUT2D eigenvalue weighted by molar-refractivity contribution is 0.105. The number of rotatable bonds is 6. The molecular formula is C21H31FN6O3. The van der Waals surface area contributed by atoms with Crippen molar-refractivity contribution in [1.29, 1.82) is 5.41 Å². The number of nitrogen functional groups attached to an aromatic ring is 1. The van der Waals surface area contributed by atoms with Gasteiger partial charge < -0.3 is 25.0 Å². The molecule has 1 saturated heterocycles. The molecule has 0 bridgehead atoms. The molecule has 1 aliphatic heterocycles. The predicted octanol–water partition coefficient (Wildman–Crippen LogP) is 2.87.